The number of anilines is 1. The first kappa shape index (κ1) is 27.7. The molecule has 0 saturated heterocycles. The zero-order chi connectivity index (χ0) is 25.5. The Bertz CT molecular complexity index is 1090. The van der Waals surface area contributed by atoms with Crippen LogP contribution in [0.25, 0.3) is 0 Å². The Kier molecular flexibility index (Phi) is 9.93. The fourth-order valence-electron chi connectivity index (χ4n) is 3.24. The number of nitrogens with one attached hydrogen (secondary N) is 1. The number of sulfonamides is 1. The van der Waals surface area contributed by atoms with Crippen molar-refractivity contribution < 1.29 is 22.7 Å². The highest BCUT2D eigenvalue weighted by Gasteiger charge is 2.30. The lowest BCUT2D eigenvalue weighted by Gasteiger charge is -2.32. The molecule has 2 atom stereocenters. The lowest BCUT2D eigenvalue weighted by atomic mass is 10.1. The highest BCUT2D eigenvalue weighted by Crippen LogP contribution is 2.22. The SMILES string of the molecule is CC[C@@H](C)NC(=O)[C@@H](C)N(Cc1cccc(OC)c1)C(=O)CN(c1ccc(Br)cc1)S(C)(=O)=O. The third-order valence-electron chi connectivity index (χ3n) is 5.45. The van der Waals surface area contributed by atoms with Gasteiger partial charge in [0.2, 0.25) is 21.8 Å². The third-order valence-corrected chi connectivity index (χ3v) is 7.12. The number of hydrogen-bond acceptors (Lipinski definition) is 5. The van der Waals surface area contributed by atoms with E-state index >= 15 is 0 Å². The smallest absolute Gasteiger partial charge is 0.244 e. The fraction of sp³-hybridized carbons (Fsp3) is 0.417. The molecule has 0 aliphatic rings. The Morgan fingerprint density at radius 2 is 1.76 bits per heavy atom. The molecule has 8 nitrogen and oxygen atoms in total. The minimum absolute atomic E-state index is 0.0565. The zero-order valence-electron chi connectivity index (χ0n) is 20.1. The maximum Gasteiger partial charge on any atom is 0.244 e. The van der Waals surface area contributed by atoms with Crippen LogP contribution in [-0.4, -0.2) is 57.1 Å². The van der Waals surface area contributed by atoms with Gasteiger partial charge in [0.15, 0.2) is 0 Å². The molecular weight excluding hydrogens is 522 g/mol. The molecule has 0 fully saturated rings. The van der Waals surface area contributed by atoms with Crippen LogP contribution < -0.4 is 14.4 Å². The number of ether oxygens (including phenoxy) is 1. The topological polar surface area (TPSA) is 96.0 Å². The minimum Gasteiger partial charge on any atom is -0.497 e. The quantitative estimate of drug-likeness (QED) is 0.459. The van der Waals surface area contributed by atoms with Gasteiger partial charge in [0.05, 0.1) is 19.1 Å². The molecule has 0 aliphatic heterocycles. The standard InChI is InChI=1S/C24H32BrN3O5S/c1-6-17(2)26-24(30)18(3)27(15-19-8-7-9-22(14-19)33-4)23(29)16-28(34(5,31)32)21-12-10-20(25)11-13-21/h7-14,17-18H,6,15-16H2,1-5H3,(H,26,30)/t17-,18-/m1/s1. The van der Waals surface area contributed by atoms with Crippen molar-refractivity contribution >= 4 is 43.5 Å². The van der Waals surface area contributed by atoms with Crippen LogP contribution in [0.1, 0.15) is 32.8 Å². The molecule has 2 aromatic rings. The van der Waals surface area contributed by atoms with E-state index in [0.717, 1.165) is 27.0 Å². The number of carbonyl (C=O) groups is 2. The molecule has 0 radical (unpaired) electrons. The Morgan fingerprint density at radius 1 is 1.12 bits per heavy atom. The minimum atomic E-state index is -3.76. The predicted molar refractivity (Wildman–Crippen MR) is 137 cm³/mol. The number of amides is 2. The van der Waals surface area contributed by atoms with E-state index in [0.29, 0.717) is 11.4 Å². The predicted octanol–water partition coefficient (Wildman–Crippen LogP) is 3.56. The van der Waals surface area contributed by atoms with Gasteiger partial charge < -0.3 is 15.0 Å². The second-order valence-corrected chi connectivity index (χ2v) is 10.9. The lowest BCUT2D eigenvalue weighted by Crippen LogP contribution is -2.52. The molecule has 186 valence electrons. The number of methoxy groups -OCH3 is 1. The van der Waals surface area contributed by atoms with Gasteiger partial charge in [-0.3, -0.25) is 13.9 Å². The molecule has 1 N–H and O–H groups in total. The van der Waals surface area contributed by atoms with Gasteiger partial charge in [0.1, 0.15) is 18.3 Å². The van der Waals surface area contributed by atoms with Gasteiger partial charge in [0.25, 0.3) is 0 Å². The molecule has 34 heavy (non-hydrogen) atoms. The summed E-state index contributed by atoms with van der Waals surface area (Å²) in [5.74, 6) is -0.183. The Hall–Kier alpha value is -2.59. The van der Waals surface area contributed by atoms with Crippen molar-refractivity contribution in [2.45, 2.75) is 45.8 Å². The van der Waals surface area contributed by atoms with Crippen LogP contribution in [0, 0.1) is 0 Å². The fourth-order valence-corrected chi connectivity index (χ4v) is 4.35. The summed E-state index contributed by atoms with van der Waals surface area (Å²) >= 11 is 3.33. The largest absolute Gasteiger partial charge is 0.497 e. The third kappa shape index (κ3) is 7.73. The summed E-state index contributed by atoms with van der Waals surface area (Å²) in [5, 5.41) is 2.90. The molecule has 0 aliphatic carbocycles. The van der Waals surface area contributed by atoms with Crippen molar-refractivity contribution in [3.05, 3.63) is 58.6 Å². The van der Waals surface area contributed by atoms with Crippen LogP contribution in [0.4, 0.5) is 5.69 Å². The molecule has 2 aromatic carbocycles. The van der Waals surface area contributed by atoms with E-state index in [-0.39, 0.29) is 18.5 Å². The molecule has 0 unspecified atom stereocenters. The second-order valence-electron chi connectivity index (χ2n) is 8.11. The summed E-state index contributed by atoms with van der Waals surface area (Å²) in [6.07, 6.45) is 1.79. The first-order valence-electron chi connectivity index (χ1n) is 10.9. The molecule has 0 heterocycles. The number of halogens is 1. The molecule has 0 spiro atoms. The van der Waals surface area contributed by atoms with E-state index in [2.05, 4.69) is 21.2 Å². The summed E-state index contributed by atoms with van der Waals surface area (Å²) in [7, 11) is -2.21. The lowest BCUT2D eigenvalue weighted by molar-refractivity contribution is -0.139. The normalized spacial score (nSPS) is 13.0. The van der Waals surface area contributed by atoms with Gasteiger partial charge in [-0.1, -0.05) is 35.0 Å². The second kappa shape index (κ2) is 12.2. The average Bonchev–Trinajstić information content (AvgIpc) is 2.80. The van der Waals surface area contributed by atoms with Crippen LogP contribution in [-0.2, 0) is 26.2 Å². The summed E-state index contributed by atoms with van der Waals surface area (Å²) in [5.41, 5.74) is 1.11. The van der Waals surface area contributed by atoms with Crippen molar-refractivity contribution in [1.82, 2.24) is 10.2 Å². The highest BCUT2D eigenvalue weighted by atomic mass is 79.9. The number of carbonyl (C=O) groups excluding carboxylic acids is 2. The molecule has 10 heteroatoms. The average molecular weight is 555 g/mol. The Balaban J connectivity index is 2.39. The van der Waals surface area contributed by atoms with E-state index < -0.39 is 28.5 Å². The first-order chi connectivity index (χ1) is 16.0. The van der Waals surface area contributed by atoms with Crippen LogP contribution in [0.5, 0.6) is 5.75 Å². The van der Waals surface area contributed by atoms with E-state index in [1.807, 2.05) is 19.9 Å². The number of hydrogen-bond donors (Lipinski definition) is 1. The van der Waals surface area contributed by atoms with Crippen molar-refractivity contribution in [2.24, 2.45) is 0 Å². The van der Waals surface area contributed by atoms with E-state index in [9.17, 15) is 18.0 Å². The number of rotatable bonds is 11. The van der Waals surface area contributed by atoms with Crippen LogP contribution >= 0.6 is 15.9 Å². The first-order valence-corrected chi connectivity index (χ1v) is 13.6. The van der Waals surface area contributed by atoms with E-state index in [1.54, 1.807) is 56.5 Å². The van der Waals surface area contributed by atoms with Gasteiger partial charge in [-0.25, -0.2) is 8.42 Å². The summed E-state index contributed by atoms with van der Waals surface area (Å²) < 4.78 is 32.2. The van der Waals surface area contributed by atoms with Gasteiger partial charge in [-0.2, -0.15) is 0 Å². The molecule has 0 saturated carbocycles. The monoisotopic (exact) mass is 553 g/mol. The zero-order valence-corrected chi connectivity index (χ0v) is 22.5. The maximum atomic E-state index is 13.5. The Labute approximate surface area is 210 Å². The summed E-state index contributed by atoms with van der Waals surface area (Å²) in [4.78, 5) is 27.8. The van der Waals surface area contributed by atoms with Crippen molar-refractivity contribution in [3.8, 4) is 5.75 Å². The van der Waals surface area contributed by atoms with Gasteiger partial charge >= 0.3 is 0 Å². The maximum absolute atomic E-state index is 13.5. The summed E-state index contributed by atoms with van der Waals surface area (Å²) in [6, 6.07) is 12.9. The van der Waals surface area contributed by atoms with E-state index in [1.165, 1.54) is 4.90 Å². The number of nitrogens with zero attached hydrogens (tertiary/aromatic N) is 2. The van der Waals surface area contributed by atoms with Crippen LogP contribution in [0.2, 0.25) is 0 Å². The molecule has 2 amide bonds. The van der Waals surface area contributed by atoms with Crippen molar-refractivity contribution in [1.29, 1.82) is 0 Å². The number of benzene rings is 2. The van der Waals surface area contributed by atoms with Gasteiger partial charge in [0, 0.05) is 17.1 Å². The van der Waals surface area contributed by atoms with Crippen molar-refractivity contribution in [2.75, 3.05) is 24.2 Å². The Morgan fingerprint density at radius 3 is 2.32 bits per heavy atom. The summed E-state index contributed by atoms with van der Waals surface area (Å²) in [6.45, 7) is 5.16. The molecule has 0 bridgehead atoms. The molecule has 2 rings (SSSR count). The molecular formula is C24H32BrN3O5S. The van der Waals surface area contributed by atoms with Crippen LogP contribution in [0.15, 0.2) is 53.0 Å². The van der Waals surface area contributed by atoms with Crippen LogP contribution in [0.3, 0.4) is 0 Å². The van der Waals surface area contributed by atoms with E-state index in [4.69, 9.17) is 4.74 Å². The van der Waals surface area contributed by atoms with Gasteiger partial charge in [-0.15, -0.1) is 0 Å². The van der Waals surface area contributed by atoms with Gasteiger partial charge in [-0.05, 0) is 62.2 Å². The molecule has 0 aromatic heterocycles. The van der Waals surface area contributed by atoms with Crippen molar-refractivity contribution in [3.63, 3.8) is 0 Å². The highest BCUT2D eigenvalue weighted by molar-refractivity contribution is 9.10.